The van der Waals surface area contributed by atoms with Crippen molar-refractivity contribution in [3.63, 3.8) is 0 Å². The molecule has 9 aromatic rings. The van der Waals surface area contributed by atoms with Gasteiger partial charge in [0.2, 0.25) is 0 Å². The molecular weight excluding hydrogens is 729 g/mol. The molecule has 258 valence electrons. The third kappa shape index (κ3) is 5.87. The summed E-state index contributed by atoms with van der Waals surface area (Å²) in [5.74, 6) is 0. The van der Waals surface area contributed by atoms with Gasteiger partial charge >= 0.3 is 296 Å². The van der Waals surface area contributed by atoms with Crippen molar-refractivity contribution < 1.29 is 0 Å². The van der Waals surface area contributed by atoms with Gasteiger partial charge in [-0.15, -0.1) is 0 Å². The Morgan fingerprint density at radius 2 is 0.800 bits per heavy atom. The minimum absolute atomic E-state index is 0.617. The standard InChI is InChI=1S/C50H34GeN4/c52-35-37-20-26-43(27-21-37)54(46-32-33-50-48(34-46)47-18-10-11-19-49(47)55(50)45-28-22-38(36-53)23-29-45)44-30-24-42(25-31-44)51(39-12-4-1-5-13-39,40-14-6-2-7-15-40)41-16-8-3-9-17-41/h1-34H. The molecule has 9 rings (SSSR count). The first-order valence-corrected chi connectivity index (χ1v) is 22.5. The van der Waals surface area contributed by atoms with Crippen LogP contribution in [0.3, 0.4) is 0 Å². The van der Waals surface area contributed by atoms with Crippen LogP contribution < -0.4 is 22.5 Å². The second kappa shape index (κ2) is 14.4. The third-order valence-electron chi connectivity index (χ3n) is 10.6. The Labute approximate surface area is 323 Å². The summed E-state index contributed by atoms with van der Waals surface area (Å²) < 4.78 is 7.73. The van der Waals surface area contributed by atoms with Crippen LogP contribution in [0.15, 0.2) is 206 Å². The predicted molar refractivity (Wildman–Crippen MR) is 229 cm³/mol. The normalized spacial score (nSPS) is 11.2. The van der Waals surface area contributed by atoms with Gasteiger partial charge in [0.25, 0.3) is 0 Å². The maximum absolute atomic E-state index is 9.66. The average Bonchev–Trinajstić information content (AvgIpc) is 3.60. The molecule has 0 amide bonds. The van der Waals surface area contributed by atoms with Crippen LogP contribution in [-0.2, 0) is 0 Å². The van der Waals surface area contributed by atoms with Crippen molar-refractivity contribution in [3.05, 3.63) is 217 Å². The van der Waals surface area contributed by atoms with Gasteiger partial charge in [0.1, 0.15) is 0 Å². The molecule has 0 radical (unpaired) electrons. The molecule has 0 saturated carbocycles. The van der Waals surface area contributed by atoms with Crippen LogP contribution in [0.5, 0.6) is 0 Å². The summed E-state index contributed by atoms with van der Waals surface area (Å²) in [5.41, 5.74) is 7.42. The molecule has 55 heavy (non-hydrogen) atoms. The summed E-state index contributed by atoms with van der Waals surface area (Å²) >= 11 is -3.46. The topological polar surface area (TPSA) is 55.8 Å². The number of fused-ring (bicyclic) bond motifs is 3. The molecule has 0 aliphatic heterocycles. The predicted octanol–water partition coefficient (Wildman–Crippen LogP) is 9.37. The molecule has 0 fully saturated rings. The SMILES string of the molecule is N#Cc1ccc(N(c2cc[c]([Ge]([c]3ccccc3)([c]3ccccc3)[c]3ccccc3)cc2)c2ccc3c(c2)c2ccccc2n3-c2ccc(C#N)cc2)cc1. The van der Waals surface area contributed by atoms with Crippen LogP contribution in [0.4, 0.5) is 17.1 Å². The van der Waals surface area contributed by atoms with Crippen molar-refractivity contribution in [2.24, 2.45) is 0 Å². The van der Waals surface area contributed by atoms with Gasteiger partial charge in [-0.25, -0.2) is 0 Å². The Balaban J connectivity index is 1.24. The zero-order chi connectivity index (χ0) is 37.2. The van der Waals surface area contributed by atoms with E-state index in [0.717, 1.165) is 44.6 Å². The number of rotatable bonds is 8. The van der Waals surface area contributed by atoms with Crippen LogP contribution in [0.1, 0.15) is 11.1 Å². The van der Waals surface area contributed by atoms with Crippen LogP contribution in [0.2, 0.25) is 0 Å². The summed E-state index contributed by atoms with van der Waals surface area (Å²) in [6.45, 7) is 0. The van der Waals surface area contributed by atoms with Crippen molar-refractivity contribution in [1.82, 2.24) is 4.57 Å². The molecule has 4 nitrogen and oxygen atoms in total. The van der Waals surface area contributed by atoms with Crippen LogP contribution in [0, 0.1) is 22.7 Å². The molecule has 0 bridgehead atoms. The average molecular weight is 763 g/mol. The Morgan fingerprint density at radius 1 is 0.382 bits per heavy atom. The minimum atomic E-state index is -3.46. The fourth-order valence-electron chi connectivity index (χ4n) is 8.12. The summed E-state index contributed by atoms with van der Waals surface area (Å²) in [7, 11) is 0. The van der Waals surface area contributed by atoms with E-state index < -0.39 is 13.3 Å². The number of anilines is 3. The first kappa shape index (κ1) is 33.7. The van der Waals surface area contributed by atoms with Gasteiger partial charge in [0.15, 0.2) is 0 Å². The monoisotopic (exact) mass is 764 g/mol. The molecule has 1 heterocycles. The van der Waals surface area contributed by atoms with E-state index in [-0.39, 0.29) is 0 Å². The second-order valence-electron chi connectivity index (χ2n) is 13.6. The Bertz CT molecular complexity index is 2760. The van der Waals surface area contributed by atoms with Gasteiger partial charge in [-0.1, -0.05) is 0 Å². The fourth-order valence-corrected chi connectivity index (χ4v) is 18.1. The second-order valence-corrected chi connectivity index (χ2v) is 21.6. The Morgan fingerprint density at radius 3 is 1.33 bits per heavy atom. The molecule has 0 atom stereocenters. The van der Waals surface area contributed by atoms with E-state index in [4.69, 9.17) is 0 Å². The number of nitriles is 2. The molecule has 1 aromatic heterocycles. The number of hydrogen-bond donors (Lipinski definition) is 0. The van der Waals surface area contributed by atoms with Gasteiger partial charge < -0.3 is 0 Å². The molecule has 0 saturated heterocycles. The van der Waals surface area contributed by atoms with Gasteiger partial charge in [-0.05, 0) is 12.1 Å². The molecule has 8 aromatic carbocycles. The summed E-state index contributed by atoms with van der Waals surface area (Å²) in [4.78, 5) is 2.28. The number of benzene rings is 8. The fraction of sp³-hybridized carbons (Fsp3) is 0. The van der Waals surface area contributed by atoms with Crippen LogP contribution >= 0.6 is 0 Å². The van der Waals surface area contributed by atoms with Crippen molar-refractivity contribution >= 4 is 69.7 Å². The first-order valence-electron chi connectivity index (χ1n) is 18.3. The van der Waals surface area contributed by atoms with Crippen molar-refractivity contribution in [2.45, 2.75) is 0 Å². The van der Waals surface area contributed by atoms with Crippen LogP contribution in [-0.4, -0.2) is 17.8 Å². The van der Waals surface area contributed by atoms with Crippen molar-refractivity contribution in [1.29, 1.82) is 10.5 Å². The van der Waals surface area contributed by atoms with E-state index >= 15 is 0 Å². The Hall–Kier alpha value is -7.12. The Kier molecular flexibility index (Phi) is 8.80. The molecule has 0 N–H and O–H groups in total. The van der Waals surface area contributed by atoms with Crippen molar-refractivity contribution in [3.8, 4) is 17.8 Å². The quantitative estimate of drug-likeness (QED) is 0.145. The number of para-hydroxylation sites is 1. The zero-order valence-corrected chi connectivity index (χ0v) is 32.0. The molecule has 0 unspecified atom stereocenters. The van der Waals surface area contributed by atoms with Crippen molar-refractivity contribution in [2.75, 3.05) is 4.90 Å². The summed E-state index contributed by atoms with van der Waals surface area (Å²) in [6.07, 6.45) is 0. The van der Waals surface area contributed by atoms with Gasteiger partial charge in [0, 0.05) is 0 Å². The first-order chi connectivity index (χ1) is 27.2. The molecule has 5 heteroatoms. The van der Waals surface area contributed by atoms with E-state index in [0.29, 0.717) is 11.1 Å². The van der Waals surface area contributed by atoms with E-state index in [1.807, 2.05) is 48.5 Å². The summed E-state index contributed by atoms with van der Waals surface area (Å²) in [6, 6.07) is 77.5. The van der Waals surface area contributed by atoms with Gasteiger partial charge in [0.05, 0.1) is 11.6 Å². The number of hydrogen-bond acceptors (Lipinski definition) is 3. The van der Waals surface area contributed by atoms with Gasteiger partial charge in [-0.3, -0.25) is 0 Å². The van der Waals surface area contributed by atoms with Crippen LogP contribution in [0.25, 0.3) is 27.5 Å². The molecule has 0 aliphatic rings. The summed E-state index contributed by atoms with van der Waals surface area (Å²) in [5, 5.41) is 21.4. The van der Waals surface area contributed by atoms with E-state index in [2.05, 4.69) is 179 Å². The third-order valence-corrected chi connectivity index (χ3v) is 20.7. The molecular formula is C50H34GeN4. The zero-order valence-electron chi connectivity index (χ0n) is 29.9. The van der Waals surface area contributed by atoms with E-state index in [1.165, 1.54) is 17.6 Å². The van der Waals surface area contributed by atoms with E-state index in [1.54, 1.807) is 0 Å². The van der Waals surface area contributed by atoms with Gasteiger partial charge in [-0.2, -0.15) is 5.26 Å². The molecule has 0 spiro atoms. The molecule has 0 aliphatic carbocycles. The van der Waals surface area contributed by atoms with E-state index in [9.17, 15) is 10.5 Å². The maximum atomic E-state index is 9.66. The number of aromatic nitrogens is 1. The number of nitrogens with zero attached hydrogens (tertiary/aromatic N) is 4.